The van der Waals surface area contributed by atoms with Crippen molar-refractivity contribution in [1.82, 2.24) is 0 Å². The van der Waals surface area contributed by atoms with Gasteiger partial charge in [0.15, 0.2) is 23.9 Å². The van der Waals surface area contributed by atoms with E-state index < -0.39 is 0 Å². The van der Waals surface area contributed by atoms with E-state index >= 15 is 0 Å². The molecule has 2 aromatic rings. The molecule has 0 N–H and O–H groups in total. The van der Waals surface area contributed by atoms with Gasteiger partial charge in [-0.1, -0.05) is 12.1 Å². The normalized spacial score (nSPS) is 10.1. The number of hydrogen-bond donors (Lipinski definition) is 0. The van der Waals surface area contributed by atoms with E-state index in [-0.39, 0.29) is 18.2 Å². The summed E-state index contributed by atoms with van der Waals surface area (Å²) >= 11 is 0. The fraction of sp³-hybridized carbons (Fsp3) is 0.188. The van der Waals surface area contributed by atoms with E-state index in [0.29, 0.717) is 23.7 Å². The second-order valence-electron chi connectivity index (χ2n) is 4.10. The second kappa shape index (κ2) is 6.70. The van der Waals surface area contributed by atoms with Crippen LogP contribution in [0.1, 0.15) is 17.3 Å². The summed E-state index contributed by atoms with van der Waals surface area (Å²) in [4.78, 5) is 11.9. The van der Waals surface area contributed by atoms with Gasteiger partial charge in [0, 0.05) is 5.56 Å². The molecule has 0 bridgehead atoms. The van der Waals surface area contributed by atoms with Crippen LogP contribution in [0, 0.1) is 5.82 Å². The molecule has 0 aliphatic heterocycles. The number of para-hydroxylation sites is 2. The number of carbonyl (C=O) groups excluding carboxylic acids is 1. The lowest BCUT2D eigenvalue weighted by Gasteiger charge is -2.11. The molecule has 0 radical (unpaired) electrons. The van der Waals surface area contributed by atoms with E-state index in [1.807, 2.05) is 13.0 Å². The van der Waals surface area contributed by atoms with Crippen LogP contribution >= 0.6 is 0 Å². The number of ether oxygens (including phenoxy) is 2. The summed E-state index contributed by atoms with van der Waals surface area (Å²) in [7, 11) is 0. The topological polar surface area (TPSA) is 35.5 Å². The van der Waals surface area contributed by atoms with E-state index in [4.69, 9.17) is 9.47 Å². The lowest BCUT2D eigenvalue weighted by molar-refractivity contribution is 0.0919. The summed E-state index contributed by atoms with van der Waals surface area (Å²) in [6.45, 7) is 2.28. The smallest absolute Gasteiger partial charge is 0.200 e. The predicted molar refractivity (Wildman–Crippen MR) is 73.8 cm³/mol. The van der Waals surface area contributed by atoms with Crippen molar-refractivity contribution in [2.75, 3.05) is 13.2 Å². The quantitative estimate of drug-likeness (QED) is 0.756. The number of ketones is 1. The third kappa shape index (κ3) is 3.57. The zero-order chi connectivity index (χ0) is 14.4. The van der Waals surface area contributed by atoms with Gasteiger partial charge in [0.1, 0.15) is 5.82 Å². The van der Waals surface area contributed by atoms with Gasteiger partial charge in [0.25, 0.3) is 0 Å². The summed E-state index contributed by atoms with van der Waals surface area (Å²) < 4.78 is 23.7. The molecule has 2 rings (SSSR count). The first-order chi connectivity index (χ1) is 9.70. The van der Waals surface area contributed by atoms with Crippen LogP contribution in [0.25, 0.3) is 0 Å². The van der Waals surface area contributed by atoms with E-state index in [0.717, 1.165) is 0 Å². The molecule has 3 nitrogen and oxygen atoms in total. The number of benzene rings is 2. The lowest BCUT2D eigenvalue weighted by Crippen LogP contribution is -2.12. The van der Waals surface area contributed by atoms with Crippen molar-refractivity contribution in [3.63, 3.8) is 0 Å². The van der Waals surface area contributed by atoms with Gasteiger partial charge in [-0.15, -0.1) is 0 Å². The number of rotatable bonds is 6. The molecule has 104 valence electrons. The van der Waals surface area contributed by atoms with Crippen molar-refractivity contribution in [2.24, 2.45) is 0 Å². The lowest BCUT2D eigenvalue weighted by atomic mass is 10.1. The van der Waals surface area contributed by atoms with Gasteiger partial charge in [0.2, 0.25) is 0 Å². The maximum Gasteiger partial charge on any atom is 0.200 e. The Kier molecular flexibility index (Phi) is 4.71. The summed E-state index contributed by atoms with van der Waals surface area (Å²) in [6, 6.07) is 12.5. The first-order valence-electron chi connectivity index (χ1n) is 6.34. The van der Waals surface area contributed by atoms with Crippen molar-refractivity contribution in [3.8, 4) is 11.5 Å². The van der Waals surface area contributed by atoms with Gasteiger partial charge >= 0.3 is 0 Å². The Morgan fingerprint density at radius 3 is 2.20 bits per heavy atom. The largest absolute Gasteiger partial charge is 0.490 e. The van der Waals surface area contributed by atoms with Gasteiger partial charge in [-0.2, -0.15) is 0 Å². The fourth-order valence-corrected chi connectivity index (χ4v) is 1.71. The van der Waals surface area contributed by atoms with E-state index in [1.165, 1.54) is 24.3 Å². The van der Waals surface area contributed by atoms with Crippen molar-refractivity contribution in [1.29, 1.82) is 0 Å². The van der Waals surface area contributed by atoms with Gasteiger partial charge < -0.3 is 9.47 Å². The van der Waals surface area contributed by atoms with E-state index in [1.54, 1.807) is 18.2 Å². The summed E-state index contributed by atoms with van der Waals surface area (Å²) in [5.74, 6) is 0.534. The molecular formula is C16H15FO3. The molecule has 4 heteroatoms. The Morgan fingerprint density at radius 1 is 1.00 bits per heavy atom. The van der Waals surface area contributed by atoms with Crippen molar-refractivity contribution < 1.29 is 18.7 Å². The summed E-state index contributed by atoms with van der Waals surface area (Å²) in [6.07, 6.45) is 0. The van der Waals surface area contributed by atoms with Crippen LogP contribution in [0.2, 0.25) is 0 Å². The first kappa shape index (κ1) is 14.1. The van der Waals surface area contributed by atoms with Gasteiger partial charge in [-0.25, -0.2) is 4.39 Å². The molecule has 0 aliphatic carbocycles. The highest BCUT2D eigenvalue weighted by Crippen LogP contribution is 2.26. The second-order valence-corrected chi connectivity index (χ2v) is 4.10. The Labute approximate surface area is 117 Å². The fourth-order valence-electron chi connectivity index (χ4n) is 1.71. The van der Waals surface area contributed by atoms with E-state index in [2.05, 4.69) is 0 Å². The van der Waals surface area contributed by atoms with Crippen molar-refractivity contribution in [3.05, 3.63) is 59.9 Å². The third-order valence-electron chi connectivity index (χ3n) is 2.67. The Balaban J connectivity index is 2.01. The molecule has 2 aromatic carbocycles. The van der Waals surface area contributed by atoms with Gasteiger partial charge in [0.05, 0.1) is 6.61 Å². The van der Waals surface area contributed by atoms with Crippen molar-refractivity contribution >= 4 is 5.78 Å². The highest BCUT2D eigenvalue weighted by molar-refractivity contribution is 5.97. The Bertz CT molecular complexity index is 579. The van der Waals surface area contributed by atoms with Crippen LogP contribution in [-0.4, -0.2) is 19.0 Å². The number of Topliss-reactive ketones (excluding diaryl/α,β-unsaturated/α-hetero) is 1. The average Bonchev–Trinajstić information content (AvgIpc) is 2.47. The minimum atomic E-state index is -0.371. The maximum absolute atomic E-state index is 12.8. The maximum atomic E-state index is 12.8. The minimum absolute atomic E-state index is 0.115. The Hall–Kier alpha value is -2.36. The monoisotopic (exact) mass is 274 g/mol. The van der Waals surface area contributed by atoms with Crippen molar-refractivity contribution in [2.45, 2.75) is 6.92 Å². The molecule has 0 aromatic heterocycles. The molecule has 0 fully saturated rings. The zero-order valence-electron chi connectivity index (χ0n) is 11.1. The molecule has 0 aliphatic rings. The van der Waals surface area contributed by atoms with Crippen LogP contribution in [0.15, 0.2) is 48.5 Å². The standard InChI is InChI=1S/C16H15FO3/c1-2-19-15-5-3-4-6-16(15)20-11-14(18)12-7-9-13(17)10-8-12/h3-10H,2,11H2,1H3. The van der Waals surface area contributed by atoms with Gasteiger partial charge in [-0.05, 0) is 43.3 Å². The Morgan fingerprint density at radius 2 is 1.60 bits per heavy atom. The number of halogens is 1. The molecule has 20 heavy (non-hydrogen) atoms. The summed E-state index contributed by atoms with van der Waals surface area (Å²) in [5.41, 5.74) is 0.417. The van der Waals surface area contributed by atoms with Crippen LogP contribution < -0.4 is 9.47 Å². The molecular weight excluding hydrogens is 259 g/mol. The highest BCUT2D eigenvalue weighted by atomic mass is 19.1. The van der Waals surface area contributed by atoms with Crippen LogP contribution in [0.4, 0.5) is 4.39 Å². The zero-order valence-corrected chi connectivity index (χ0v) is 11.1. The van der Waals surface area contributed by atoms with E-state index in [9.17, 15) is 9.18 Å². The predicted octanol–water partition coefficient (Wildman–Crippen LogP) is 3.49. The third-order valence-corrected chi connectivity index (χ3v) is 2.67. The number of hydrogen-bond acceptors (Lipinski definition) is 3. The molecule has 0 saturated carbocycles. The van der Waals surface area contributed by atoms with Crippen LogP contribution in [0.3, 0.4) is 0 Å². The molecule has 0 heterocycles. The molecule has 0 amide bonds. The minimum Gasteiger partial charge on any atom is -0.490 e. The first-order valence-corrected chi connectivity index (χ1v) is 6.34. The van der Waals surface area contributed by atoms with Crippen LogP contribution in [-0.2, 0) is 0 Å². The van der Waals surface area contributed by atoms with Gasteiger partial charge in [-0.3, -0.25) is 4.79 Å². The molecule has 0 saturated heterocycles. The highest BCUT2D eigenvalue weighted by Gasteiger charge is 2.09. The average molecular weight is 274 g/mol. The SMILES string of the molecule is CCOc1ccccc1OCC(=O)c1ccc(F)cc1. The number of carbonyl (C=O) groups is 1. The van der Waals surface area contributed by atoms with Crippen LogP contribution in [0.5, 0.6) is 11.5 Å². The summed E-state index contributed by atoms with van der Waals surface area (Å²) in [5, 5.41) is 0. The molecule has 0 atom stereocenters. The molecule has 0 spiro atoms. The molecule has 0 unspecified atom stereocenters.